The molecule has 16 heavy (non-hydrogen) atoms. The summed E-state index contributed by atoms with van der Waals surface area (Å²) < 4.78 is 1.94. The summed E-state index contributed by atoms with van der Waals surface area (Å²) in [6.45, 7) is 3.69. The monoisotopic (exact) mass is 220 g/mol. The molecule has 2 aliphatic heterocycles. The highest BCUT2D eigenvalue weighted by molar-refractivity contribution is 5.91. The summed E-state index contributed by atoms with van der Waals surface area (Å²) in [5.74, 6) is 0.682. The van der Waals surface area contributed by atoms with Gasteiger partial charge in [-0.25, -0.2) is 4.98 Å². The number of rotatable bonds is 1. The van der Waals surface area contributed by atoms with E-state index in [2.05, 4.69) is 10.3 Å². The second kappa shape index (κ2) is 3.90. The Bertz CT molecular complexity index is 394. The molecule has 5 nitrogen and oxygen atoms in total. The van der Waals surface area contributed by atoms with Gasteiger partial charge in [0, 0.05) is 38.1 Å². The van der Waals surface area contributed by atoms with Crippen LogP contribution in [-0.4, -0.2) is 46.0 Å². The van der Waals surface area contributed by atoms with Crippen LogP contribution in [0, 0.1) is 0 Å². The van der Waals surface area contributed by atoms with Crippen molar-refractivity contribution in [3.63, 3.8) is 0 Å². The van der Waals surface area contributed by atoms with E-state index >= 15 is 0 Å². The van der Waals surface area contributed by atoms with E-state index in [-0.39, 0.29) is 5.91 Å². The quantitative estimate of drug-likeness (QED) is 0.730. The molecule has 2 aliphatic rings. The molecule has 0 saturated carbocycles. The second-order valence-corrected chi connectivity index (χ2v) is 4.44. The molecule has 5 heteroatoms. The Morgan fingerprint density at radius 1 is 1.44 bits per heavy atom. The van der Waals surface area contributed by atoms with E-state index < -0.39 is 0 Å². The van der Waals surface area contributed by atoms with E-state index in [1.54, 1.807) is 6.20 Å². The molecule has 1 saturated heterocycles. The fourth-order valence-electron chi connectivity index (χ4n) is 2.58. The van der Waals surface area contributed by atoms with Gasteiger partial charge in [0.1, 0.15) is 0 Å². The molecule has 0 aromatic carbocycles. The first-order valence-corrected chi connectivity index (χ1v) is 5.89. The van der Waals surface area contributed by atoms with Gasteiger partial charge < -0.3 is 14.8 Å². The lowest BCUT2D eigenvalue weighted by atomic mass is 10.1. The van der Waals surface area contributed by atoms with Gasteiger partial charge in [0.05, 0.1) is 0 Å². The maximum Gasteiger partial charge on any atom is 0.290 e. The van der Waals surface area contributed by atoms with E-state index in [0.29, 0.717) is 11.9 Å². The fourth-order valence-corrected chi connectivity index (χ4v) is 2.58. The third-order valence-corrected chi connectivity index (χ3v) is 3.46. The summed E-state index contributed by atoms with van der Waals surface area (Å²) in [6.07, 6.45) is 5.85. The van der Waals surface area contributed by atoms with Gasteiger partial charge >= 0.3 is 0 Å². The molecular formula is C11H16N4O. The van der Waals surface area contributed by atoms with Crippen LogP contribution in [0.2, 0.25) is 0 Å². The number of fused-ring (bicyclic) bond motifs is 1. The summed E-state index contributed by atoms with van der Waals surface area (Å²) in [7, 11) is 0. The van der Waals surface area contributed by atoms with Crippen LogP contribution in [-0.2, 0) is 6.54 Å². The summed E-state index contributed by atoms with van der Waals surface area (Å²) in [5, 5.41) is 3.35. The average Bonchev–Trinajstić information content (AvgIpc) is 2.80. The topological polar surface area (TPSA) is 50.2 Å². The molecule has 0 bridgehead atoms. The Morgan fingerprint density at radius 2 is 2.38 bits per heavy atom. The average molecular weight is 220 g/mol. The summed E-state index contributed by atoms with van der Waals surface area (Å²) in [5.41, 5.74) is 0. The van der Waals surface area contributed by atoms with Crippen LogP contribution in [0.25, 0.3) is 0 Å². The molecule has 86 valence electrons. The minimum Gasteiger partial charge on any atom is -0.330 e. The van der Waals surface area contributed by atoms with Crippen LogP contribution >= 0.6 is 0 Å². The molecule has 1 aromatic rings. The van der Waals surface area contributed by atoms with Crippen LogP contribution in [0.3, 0.4) is 0 Å². The van der Waals surface area contributed by atoms with Crippen LogP contribution < -0.4 is 5.32 Å². The summed E-state index contributed by atoms with van der Waals surface area (Å²) in [6, 6.07) is 0.353. The number of piperidine rings is 1. The van der Waals surface area contributed by atoms with Crippen LogP contribution in [0.15, 0.2) is 12.4 Å². The number of amides is 1. The molecule has 0 unspecified atom stereocenters. The Balaban J connectivity index is 1.81. The molecule has 1 atom stereocenters. The smallest absolute Gasteiger partial charge is 0.290 e. The van der Waals surface area contributed by atoms with Gasteiger partial charge in [-0.3, -0.25) is 4.79 Å². The summed E-state index contributed by atoms with van der Waals surface area (Å²) in [4.78, 5) is 18.3. The Kier molecular flexibility index (Phi) is 2.40. The second-order valence-electron chi connectivity index (χ2n) is 4.44. The van der Waals surface area contributed by atoms with Crippen molar-refractivity contribution in [2.75, 3.05) is 19.6 Å². The molecular weight excluding hydrogens is 204 g/mol. The van der Waals surface area contributed by atoms with Crippen molar-refractivity contribution in [2.45, 2.75) is 25.4 Å². The number of carbonyl (C=O) groups is 1. The summed E-state index contributed by atoms with van der Waals surface area (Å²) >= 11 is 0. The van der Waals surface area contributed by atoms with E-state index in [4.69, 9.17) is 0 Å². The number of hydrogen-bond acceptors (Lipinski definition) is 3. The Labute approximate surface area is 94.4 Å². The van der Waals surface area contributed by atoms with Crippen LogP contribution in [0.5, 0.6) is 0 Å². The zero-order valence-corrected chi connectivity index (χ0v) is 9.22. The molecule has 0 radical (unpaired) electrons. The lowest BCUT2D eigenvalue weighted by Crippen LogP contribution is -2.52. The zero-order chi connectivity index (χ0) is 11.0. The van der Waals surface area contributed by atoms with Gasteiger partial charge in [-0.15, -0.1) is 0 Å². The molecule has 3 rings (SSSR count). The minimum atomic E-state index is 0.0879. The number of nitrogens with one attached hydrogen (secondary N) is 1. The van der Waals surface area contributed by atoms with Crippen molar-refractivity contribution in [1.29, 1.82) is 0 Å². The Hall–Kier alpha value is -1.36. The third kappa shape index (κ3) is 1.51. The Morgan fingerprint density at radius 3 is 3.19 bits per heavy atom. The maximum absolute atomic E-state index is 12.2. The predicted octanol–water partition coefficient (Wildman–Crippen LogP) is 0.0909. The number of aromatic nitrogens is 2. The molecule has 1 N–H and O–H groups in total. The molecule has 1 amide bonds. The first kappa shape index (κ1) is 9.84. The van der Waals surface area contributed by atoms with E-state index in [1.165, 1.54) is 0 Å². The largest absolute Gasteiger partial charge is 0.330 e. The first-order chi connectivity index (χ1) is 7.86. The third-order valence-electron chi connectivity index (χ3n) is 3.46. The highest BCUT2D eigenvalue weighted by Crippen LogP contribution is 2.17. The van der Waals surface area contributed by atoms with Gasteiger partial charge in [-0.05, 0) is 19.4 Å². The molecule has 1 fully saturated rings. The van der Waals surface area contributed by atoms with Gasteiger partial charge in [-0.2, -0.15) is 0 Å². The van der Waals surface area contributed by atoms with Gasteiger partial charge in [0.2, 0.25) is 0 Å². The van der Waals surface area contributed by atoms with Crippen molar-refractivity contribution in [3.05, 3.63) is 18.2 Å². The highest BCUT2D eigenvalue weighted by Gasteiger charge is 2.31. The van der Waals surface area contributed by atoms with Gasteiger partial charge in [0.15, 0.2) is 5.82 Å². The van der Waals surface area contributed by atoms with Crippen molar-refractivity contribution in [3.8, 4) is 0 Å². The molecule has 3 heterocycles. The SMILES string of the molecule is O=C1c2nccn2CCN1[C@@H]1CCCNC1. The van der Waals surface area contributed by atoms with E-state index in [1.807, 2.05) is 15.7 Å². The van der Waals surface area contributed by atoms with Gasteiger partial charge in [0.25, 0.3) is 5.91 Å². The van der Waals surface area contributed by atoms with Crippen LogP contribution in [0.4, 0.5) is 0 Å². The normalized spacial score (nSPS) is 25.6. The molecule has 1 aromatic heterocycles. The lowest BCUT2D eigenvalue weighted by Gasteiger charge is -2.36. The molecule has 0 aliphatic carbocycles. The highest BCUT2D eigenvalue weighted by atomic mass is 16.2. The van der Waals surface area contributed by atoms with Crippen molar-refractivity contribution >= 4 is 5.91 Å². The van der Waals surface area contributed by atoms with Crippen molar-refractivity contribution in [1.82, 2.24) is 19.8 Å². The first-order valence-electron chi connectivity index (χ1n) is 5.89. The van der Waals surface area contributed by atoms with Crippen molar-refractivity contribution < 1.29 is 4.79 Å². The predicted molar refractivity (Wildman–Crippen MR) is 59.2 cm³/mol. The van der Waals surface area contributed by atoms with E-state index in [9.17, 15) is 4.79 Å². The number of imidazole rings is 1. The van der Waals surface area contributed by atoms with Crippen LogP contribution in [0.1, 0.15) is 23.5 Å². The van der Waals surface area contributed by atoms with Gasteiger partial charge in [-0.1, -0.05) is 0 Å². The lowest BCUT2D eigenvalue weighted by molar-refractivity contribution is 0.0579. The number of carbonyl (C=O) groups excluding carboxylic acids is 1. The standard InChI is InChI=1S/C11H16N4O/c16-11-10-13-4-5-14(10)6-7-15(11)9-2-1-3-12-8-9/h4-5,9,12H,1-3,6-8H2/t9-/m1/s1. The minimum absolute atomic E-state index is 0.0879. The zero-order valence-electron chi connectivity index (χ0n) is 9.22. The number of nitrogens with zero attached hydrogens (tertiary/aromatic N) is 3. The van der Waals surface area contributed by atoms with E-state index in [0.717, 1.165) is 39.0 Å². The fraction of sp³-hybridized carbons (Fsp3) is 0.636. The number of hydrogen-bond donors (Lipinski definition) is 1. The maximum atomic E-state index is 12.2. The molecule has 0 spiro atoms. The van der Waals surface area contributed by atoms with Crippen molar-refractivity contribution in [2.24, 2.45) is 0 Å².